The minimum atomic E-state index is -4.61. The Morgan fingerprint density at radius 1 is 0.580 bits per heavy atom. The molecule has 0 N–H and O–H groups in total. The second-order valence-corrected chi connectivity index (χ2v) is 21.1. The molecule has 262 valence electrons. The van der Waals surface area contributed by atoms with E-state index in [1.54, 1.807) is 12.1 Å². The predicted octanol–water partition coefficient (Wildman–Crippen LogP) is 6.13. The van der Waals surface area contributed by atoms with E-state index in [-0.39, 0.29) is 39.3 Å². The van der Waals surface area contributed by atoms with E-state index in [0.717, 1.165) is 49.8 Å². The van der Waals surface area contributed by atoms with Gasteiger partial charge in [-0.2, -0.15) is 0 Å². The molecule has 0 saturated carbocycles. The van der Waals surface area contributed by atoms with Gasteiger partial charge in [-0.3, -0.25) is 0 Å². The Balaban J connectivity index is 0.00000281. The van der Waals surface area contributed by atoms with Crippen molar-refractivity contribution in [3.05, 3.63) is 151 Å². The molecule has 0 radical (unpaired) electrons. The maximum Gasteiger partial charge on any atom is -1.00 e. The molecule has 4 aromatic carbocycles. The maximum atomic E-state index is 14.2. The summed E-state index contributed by atoms with van der Waals surface area (Å²) in [5, 5.41) is 0. The molecule has 0 aromatic heterocycles. The van der Waals surface area contributed by atoms with Gasteiger partial charge in [0.25, 0.3) is 0 Å². The van der Waals surface area contributed by atoms with Crippen LogP contribution in [0.4, 0.5) is 26.3 Å². The summed E-state index contributed by atoms with van der Waals surface area (Å²) < 4.78 is 86.5. The fraction of sp³-hybridized carbons (Fsp3) is 0.293. The van der Waals surface area contributed by atoms with Crippen molar-refractivity contribution in [3.63, 3.8) is 0 Å². The first-order chi connectivity index (χ1) is 22.3. The zero-order valence-corrected chi connectivity index (χ0v) is 32.6. The van der Waals surface area contributed by atoms with E-state index < -0.39 is 44.7 Å². The molecule has 0 spiro atoms. The average Bonchev–Trinajstić information content (AvgIpc) is 3.64. The fourth-order valence-electron chi connectivity index (χ4n) is 6.81. The normalized spacial score (nSPS) is 14.2. The minimum Gasteiger partial charge on any atom is -1.00 e. The molecule has 0 nitrogen and oxygen atoms in total. The number of hydrogen-bond donors (Lipinski definition) is 0. The van der Waals surface area contributed by atoms with Crippen molar-refractivity contribution in [1.29, 1.82) is 0 Å². The first kappa shape index (κ1) is 40.0. The zero-order chi connectivity index (χ0) is 34.8. The summed E-state index contributed by atoms with van der Waals surface area (Å²) in [6.45, 7) is 13.0. The molecule has 0 unspecified atom stereocenters. The van der Waals surface area contributed by atoms with E-state index in [2.05, 4.69) is 84.0 Å². The van der Waals surface area contributed by atoms with Gasteiger partial charge in [-0.25, -0.2) is 0 Å². The van der Waals surface area contributed by atoms with Crippen LogP contribution in [0.2, 0.25) is 0 Å². The van der Waals surface area contributed by atoms with Crippen molar-refractivity contribution in [3.8, 4) is 11.1 Å². The van der Waals surface area contributed by atoms with E-state index in [1.165, 1.54) is 23.3 Å². The Morgan fingerprint density at radius 2 is 1.02 bits per heavy atom. The van der Waals surface area contributed by atoms with Crippen molar-refractivity contribution in [1.82, 2.24) is 0 Å². The molecule has 50 heavy (non-hydrogen) atoms. The molecule has 0 amide bonds. The number of rotatable bonds is 4. The molecule has 4 aromatic rings. The summed E-state index contributed by atoms with van der Waals surface area (Å²) in [6, 6.07) is 23.4. The largest absolute Gasteiger partial charge is 1.00 e. The van der Waals surface area contributed by atoms with Gasteiger partial charge in [0.05, 0.1) is 0 Å². The molecular formula is C41H38Cl2F6Zr. The van der Waals surface area contributed by atoms with Crippen molar-refractivity contribution < 1.29 is 72.4 Å². The monoisotopic (exact) mass is 804 g/mol. The van der Waals surface area contributed by atoms with Gasteiger partial charge < -0.3 is 24.8 Å². The zero-order valence-electron chi connectivity index (χ0n) is 28.6. The van der Waals surface area contributed by atoms with E-state index in [4.69, 9.17) is 0 Å². The van der Waals surface area contributed by atoms with Gasteiger partial charge >= 0.3 is 288 Å². The molecule has 2 aliphatic rings. The Bertz CT molecular complexity index is 1880. The van der Waals surface area contributed by atoms with Crippen LogP contribution in [0.3, 0.4) is 0 Å². The Kier molecular flexibility index (Phi) is 11.5. The number of alkyl halides is 6. The van der Waals surface area contributed by atoms with Crippen LogP contribution in [0.15, 0.2) is 106 Å². The minimum absolute atomic E-state index is 0. The molecule has 0 saturated heterocycles. The number of allylic oxidation sites excluding steroid dienone is 4. The Labute approximate surface area is 310 Å². The summed E-state index contributed by atoms with van der Waals surface area (Å²) in [7, 11) is 0. The fourth-order valence-corrected chi connectivity index (χ4v) is 15.8. The average molecular weight is 807 g/mol. The SMILES string of the molecule is CC(C)(C)c1ccc2c(c1)-c1cc(C(C)(C)C)ccc1[CH]2[Zr+2]([C]1=CC=CC1)=[C](c1cccc(C(F)(F)F)c1)c1cccc(C(F)(F)F)c1.[Cl-].[Cl-]. The van der Waals surface area contributed by atoms with Gasteiger partial charge in [0, 0.05) is 0 Å². The van der Waals surface area contributed by atoms with Gasteiger partial charge in [-0.05, 0) is 0 Å². The Hall–Kier alpha value is -2.73. The van der Waals surface area contributed by atoms with Gasteiger partial charge in [-0.1, -0.05) is 0 Å². The van der Waals surface area contributed by atoms with Crippen LogP contribution in [0.5, 0.6) is 0 Å². The van der Waals surface area contributed by atoms with E-state index in [0.29, 0.717) is 20.8 Å². The predicted molar refractivity (Wildman–Crippen MR) is 179 cm³/mol. The standard InChI is InChI=1S/C21H25.C15H8F6.C5H5.2ClH.Zr/c1-20(2,3)16-9-7-14-11-15-8-10-17(21(4,5)6)13-19(15)18(14)12-16;16-14(17,18)12-5-1-3-10(8-12)7-11-4-2-6-13(9-11)15(19,20)21;1-2-4-5-3-1;;;/h7-13H,1-6H3;1-6,8-9H;1-3H,4H2;2*1H;/q;;;;;+2/p-2. The summed E-state index contributed by atoms with van der Waals surface area (Å²) in [4.78, 5) is 0. The van der Waals surface area contributed by atoms with Gasteiger partial charge in [0.2, 0.25) is 0 Å². The van der Waals surface area contributed by atoms with Crippen LogP contribution in [0, 0.1) is 0 Å². The van der Waals surface area contributed by atoms with Crippen molar-refractivity contribution in [2.24, 2.45) is 0 Å². The van der Waals surface area contributed by atoms with Crippen LogP contribution in [0.1, 0.15) is 96.1 Å². The van der Waals surface area contributed by atoms with Crippen LogP contribution in [0.25, 0.3) is 11.1 Å². The quantitative estimate of drug-likeness (QED) is 0.218. The molecular weight excluding hydrogens is 769 g/mol. The molecule has 9 heteroatoms. The number of benzene rings is 4. The summed E-state index contributed by atoms with van der Waals surface area (Å²) >= 11 is -3.54. The third-order valence-corrected chi connectivity index (χ3v) is 17.7. The summed E-state index contributed by atoms with van der Waals surface area (Å²) in [5.74, 6) is 0. The molecule has 6 rings (SSSR count). The molecule has 0 atom stereocenters. The molecule has 0 fully saturated rings. The summed E-state index contributed by atoms with van der Waals surface area (Å²) in [6.07, 6.45) is -2.53. The second-order valence-electron chi connectivity index (χ2n) is 14.8. The summed E-state index contributed by atoms with van der Waals surface area (Å²) in [5.41, 5.74) is 5.52. The topological polar surface area (TPSA) is 0 Å². The number of halogens is 8. The molecule has 0 aliphatic heterocycles. The Morgan fingerprint density at radius 3 is 1.38 bits per heavy atom. The van der Waals surface area contributed by atoms with Crippen LogP contribution >= 0.6 is 0 Å². The van der Waals surface area contributed by atoms with E-state index >= 15 is 0 Å². The van der Waals surface area contributed by atoms with Crippen LogP contribution < -0.4 is 24.8 Å². The van der Waals surface area contributed by atoms with Gasteiger partial charge in [0.1, 0.15) is 0 Å². The third kappa shape index (κ3) is 7.86. The molecule has 2 aliphatic carbocycles. The smallest absolute Gasteiger partial charge is 1.00 e. The molecule has 0 heterocycles. The van der Waals surface area contributed by atoms with Gasteiger partial charge in [-0.15, -0.1) is 0 Å². The van der Waals surface area contributed by atoms with E-state index in [1.807, 2.05) is 12.2 Å². The van der Waals surface area contributed by atoms with E-state index in [9.17, 15) is 26.3 Å². The second kappa shape index (κ2) is 14.4. The number of hydrogen-bond acceptors (Lipinski definition) is 0. The third-order valence-electron chi connectivity index (χ3n) is 9.38. The van der Waals surface area contributed by atoms with Crippen molar-refractivity contribution in [2.45, 2.75) is 74.8 Å². The number of fused-ring (bicyclic) bond motifs is 3. The van der Waals surface area contributed by atoms with Gasteiger partial charge in [0.15, 0.2) is 0 Å². The molecule has 0 bridgehead atoms. The van der Waals surface area contributed by atoms with Crippen molar-refractivity contribution >= 4 is 3.21 Å². The van der Waals surface area contributed by atoms with Crippen LogP contribution in [-0.4, -0.2) is 3.21 Å². The first-order valence-electron chi connectivity index (χ1n) is 16.1. The van der Waals surface area contributed by atoms with Crippen LogP contribution in [-0.2, 0) is 44.4 Å². The van der Waals surface area contributed by atoms with Crippen molar-refractivity contribution in [2.75, 3.05) is 0 Å². The maximum absolute atomic E-state index is 14.2. The first-order valence-corrected chi connectivity index (χ1v) is 20.0.